The summed E-state index contributed by atoms with van der Waals surface area (Å²) >= 11 is 0. The maximum atomic E-state index is 11.9. The average molecular weight is 385 g/mol. The Morgan fingerprint density at radius 1 is 0.700 bits per heavy atom. The second-order valence-electron chi connectivity index (χ2n) is 8.05. The molecule has 2 aliphatic carbocycles. The van der Waals surface area contributed by atoms with Crippen LogP contribution in [0.1, 0.15) is 34.2 Å². The minimum absolute atomic E-state index is 0.448. The van der Waals surface area contributed by atoms with E-state index in [2.05, 4.69) is 48.2 Å². The molecular formula is C28H19NO. The van der Waals surface area contributed by atoms with Gasteiger partial charge < -0.3 is 5.11 Å². The average Bonchev–Trinajstić information content (AvgIpc) is 3.25. The van der Waals surface area contributed by atoms with Crippen LogP contribution in [0, 0.1) is 11.8 Å². The number of aromatic nitrogens is 1. The zero-order chi connectivity index (χ0) is 20.2. The van der Waals surface area contributed by atoms with Crippen LogP contribution in [0.2, 0.25) is 0 Å². The SMILES string of the molecule is OC1(C#Cc2ccccc2)CC2(c3ccccc3-c3ncccc32)c2ccccc21. The number of nitrogens with zero attached hydrogens (tertiary/aromatic N) is 1. The Balaban J connectivity index is 1.62. The molecule has 0 radical (unpaired) electrons. The quantitative estimate of drug-likeness (QED) is 0.430. The molecule has 2 atom stereocenters. The molecule has 0 aliphatic heterocycles. The molecule has 0 saturated heterocycles. The van der Waals surface area contributed by atoms with E-state index in [9.17, 15) is 5.11 Å². The van der Waals surface area contributed by atoms with Gasteiger partial charge in [0.25, 0.3) is 0 Å². The lowest BCUT2D eigenvalue weighted by Gasteiger charge is -2.29. The molecule has 1 N–H and O–H groups in total. The van der Waals surface area contributed by atoms with Crippen LogP contribution < -0.4 is 0 Å². The van der Waals surface area contributed by atoms with E-state index in [1.807, 2.05) is 60.8 Å². The fraction of sp³-hybridized carbons (Fsp3) is 0.107. The lowest BCUT2D eigenvalue weighted by atomic mass is 9.73. The maximum absolute atomic E-state index is 11.9. The third-order valence-corrected chi connectivity index (χ3v) is 6.45. The van der Waals surface area contributed by atoms with Crippen molar-refractivity contribution in [2.75, 3.05) is 0 Å². The number of pyridine rings is 1. The minimum Gasteiger partial charge on any atom is -0.373 e. The van der Waals surface area contributed by atoms with E-state index in [1.165, 1.54) is 5.56 Å². The van der Waals surface area contributed by atoms with Gasteiger partial charge in [-0.3, -0.25) is 4.98 Å². The lowest BCUT2D eigenvalue weighted by Crippen LogP contribution is -2.28. The fourth-order valence-electron chi connectivity index (χ4n) is 5.25. The summed E-state index contributed by atoms with van der Waals surface area (Å²) < 4.78 is 0. The highest BCUT2D eigenvalue weighted by atomic mass is 16.3. The van der Waals surface area contributed by atoms with Crippen molar-refractivity contribution in [2.24, 2.45) is 0 Å². The van der Waals surface area contributed by atoms with Gasteiger partial charge in [-0.25, -0.2) is 0 Å². The molecule has 6 rings (SSSR count). The predicted octanol–water partition coefficient (Wildman–Crippen LogP) is 5.04. The van der Waals surface area contributed by atoms with Crippen LogP contribution in [0.5, 0.6) is 0 Å². The van der Waals surface area contributed by atoms with E-state index in [4.69, 9.17) is 4.98 Å². The van der Waals surface area contributed by atoms with Crippen molar-refractivity contribution in [1.82, 2.24) is 4.98 Å². The third kappa shape index (κ3) is 2.21. The lowest BCUT2D eigenvalue weighted by molar-refractivity contribution is 0.0923. The molecule has 1 spiro atoms. The smallest absolute Gasteiger partial charge is 0.153 e. The number of hydrogen-bond donors (Lipinski definition) is 1. The second kappa shape index (κ2) is 6.16. The van der Waals surface area contributed by atoms with Crippen LogP contribution in [0.25, 0.3) is 11.3 Å². The predicted molar refractivity (Wildman–Crippen MR) is 118 cm³/mol. The first-order valence-corrected chi connectivity index (χ1v) is 10.2. The first-order valence-electron chi connectivity index (χ1n) is 10.2. The summed E-state index contributed by atoms with van der Waals surface area (Å²) in [7, 11) is 0. The number of fused-ring (bicyclic) bond motifs is 7. The van der Waals surface area contributed by atoms with Gasteiger partial charge in [0.05, 0.1) is 11.1 Å². The number of benzene rings is 3. The largest absolute Gasteiger partial charge is 0.373 e. The number of aliphatic hydroxyl groups is 1. The first-order chi connectivity index (χ1) is 14.7. The van der Waals surface area contributed by atoms with Crippen LogP contribution in [0.15, 0.2) is 97.2 Å². The van der Waals surface area contributed by atoms with E-state index < -0.39 is 11.0 Å². The molecule has 2 aliphatic rings. The molecule has 0 amide bonds. The second-order valence-corrected chi connectivity index (χ2v) is 8.05. The molecule has 0 bridgehead atoms. The zero-order valence-corrected chi connectivity index (χ0v) is 16.3. The Bertz CT molecular complexity index is 1300. The van der Waals surface area contributed by atoms with Crippen molar-refractivity contribution in [3.8, 4) is 23.1 Å². The summed E-state index contributed by atoms with van der Waals surface area (Å²) in [5.74, 6) is 6.44. The van der Waals surface area contributed by atoms with Crippen molar-refractivity contribution in [1.29, 1.82) is 0 Å². The zero-order valence-electron chi connectivity index (χ0n) is 16.3. The first kappa shape index (κ1) is 17.2. The van der Waals surface area contributed by atoms with Crippen molar-refractivity contribution >= 4 is 0 Å². The van der Waals surface area contributed by atoms with Gasteiger partial charge in [-0.05, 0) is 34.9 Å². The van der Waals surface area contributed by atoms with Crippen molar-refractivity contribution in [2.45, 2.75) is 17.4 Å². The van der Waals surface area contributed by atoms with Crippen LogP contribution in [-0.2, 0) is 11.0 Å². The molecule has 3 aromatic carbocycles. The highest BCUT2D eigenvalue weighted by Crippen LogP contribution is 2.61. The van der Waals surface area contributed by atoms with Gasteiger partial charge in [-0.2, -0.15) is 0 Å². The Labute approximate surface area is 175 Å². The van der Waals surface area contributed by atoms with Gasteiger partial charge in [0, 0.05) is 29.3 Å². The molecule has 30 heavy (non-hydrogen) atoms. The van der Waals surface area contributed by atoms with E-state index in [0.29, 0.717) is 6.42 Å². The van der Waals surface area contributed by atoms with Crippen molar-refractivity contribution in [3.63, 3.8) is 0 Å². The van der Waals surface area contributed by atoms with Crippen molar-refractivity contribution < 1.29 is 5.11 Å². The van der Waals surface area contributed by atoms with E-state index >= 15 is 0 Å². The van der Waals surface area contributed by atoms with Gasteiger partial charge in [0.2, 0.25) is 0 Å². The van der Waals surface area contributed by atoms with Gasteiger partial charge in [0.1, 0.15) is 0 Å². The highest BCUT2D eigenvalue weighted by molar-refractivity contribution is 5.82. The molecule has 0 saturated carbocycles. The molecule has 2 heteroatoms. The monoisotopic (exact) mass is 385 g/mol. The van der Waals surface area contributed by atoms with Crippen LogP contribution in [-0.4, -0.2) is 10.1 Å². The van der Waals surface area contributed by atoms with Crippen LogP contribution in [0.3, 0.4) is 0 Å². The summed E-state index contributed by atoms with van der Waals surface area (Å²) in [6.07, 6.45) is 2.33. The molecule has 142 valence electrons. The summed E-state index contributed by atoms with van der Waals surface area (Å²) in [6, 6.07) is 30.6. The molecule has 4 aromatic rings. The summed E-state index contributed by atoms with van der Waals surface area (Å²) in [5.41, 5.74) is 5.71. The standard InChI is InChI=1S/C28H19NO/c30-27(17-16-20-9-2-1-3-10-20)19-28(24-14-7-6-13-23(24)27)22-12-5-4-11-21(22)26-25(28)15-8-18-29-26/h1-15,18,30H,19H2. The van der Waals surface area contributed by atoms with E-state index in [-0.39, 0.29) is 0 Å². The molecule has 1 aromatic heterocycles. The third-order valence-electron chi connectivity index (χ3n) is 6.45. The molecule has 2 nitrogen and oxygen atoms in total. The Morgan fingerprint density at radius 2 is 1.37 bits per heavy atom. The summed E-state index contributed by atoms with van der Waals surface area (Å²) in [5, 5.41) is 11.9. The van der Waals surface area contributed by atoms with E-state index in [1.54, 1.807) is 0 Å². The summed E-state index contributed by atoms with van der Waals surface area (Å²) in [4.78, 5) is 4.72. The van der Waals surface area contributed by atoms with Crippen LogP contribution >= 0.6 is 0 Å². The van der Waals surface area contributed by atoms with Crippen LogP contribution in [0.4, 0.5) is 0 Å². The Kier molecular flexibility index (Phi) is 3.53. The topological polar surface area (TPSA) is 33.1 Å². The Hall–Kier alpha value is -3.67. The normalized spacial score (nSPS) is 22.7. The highest BCUT2D eigenvalue weighted by Gasteiger charge is 2.56. The molecule has 2 unspecified atom stereocenters. The van der Waals surface area contributed by atoms with E-state index in [0.717, 1.165) is 33.5 Å². The van der Waals surface area contributed by atoms with Gasteiger partial charge in [-0.1, -0.05) is 84.6 Å². The summed E-state index contributed by atoms with van der Waals surface area (Å²) in [6.45, 7) is 0. The minimum atomic E-state index is -1.24. The number of rotatable bonds is 0. The van der Waals surface area contributed by atoms with Gasteiger partial charge in [0.15, 0.2) is 5.60 Å². The van der Waals surface area contributed by atoms with Crippen molar-refractivity contribution in [3.05, 3.63) is 125 Å². The Morgan fingerprint density at radius 3 is 2.20 bits per heavy atom. The van der Waals surface area contributed by atoms with Gasteiger partial charge in [-0.15, -0.1) is 0 Å². The molecular weight excluding hydrogens is 366 g/mol. The maximum Gasteiger partial charge on any atom is 0.153 e. The fourth-order valence-corrected chi connectivity index (χ4v) is 5.25. The number of hydrogen-bond acceptors (Lipinski definition) is 2. The van der Waals surface area contributed by atoms with Gasteiger partial charge >= 0.3 is 0 Å². The molecule has 1 heterocycles. The molecule has 0 fully saturated rings.